The zero-order chi connectivity index (χ0) is 46.5. The smallest absolute Gasteiger partial charge is 0.265 e. The summed E-state index contributed by atoms with van der Waals surface area (Å²) in [5.41, 5.74) is 3.28. The van der Waals surface area contributed by atoms with E-state index in [0.717, 1.165) is 48.2 Å². The molecule has 5 aromatic rings. The molecule has 0 amide bonds. The zero-order valence-electron chi connectivity index (χ0n) is 38.8. The number of ether oxygens (including phenoxy) is 2. The van der Waals surface area contributed by atoms with E-state index < -0.39 is 48.4 Å². The van der Waals surface area contributed by atoms with Crippen LogP contribution in [0, 0.1) is 11.8 Å². The number of carbonyl (C=O) groups is 2. The number of likely N-dealkylation sites (N-methyl/N-ethyl adjacent to an activating group) is 1. The lowest BCUT2D eigenvalue weighted by Crippen LogP contribution is -2.68. The Balaban J connectivity index is 1.21. The van der Waals surface area contributed by atoms with Crippen molar-refractivity contribution in [2.24, 2.45) is 11.8 Å². The first-order valence-electron chi connectivity index (χ1n) is 23.1. The van der Waals surface area contributed by atoms with Crippen LogP contribution in [0.25, 0.3) is 5.76 Å². The number of aliphatic hydroxyl groups excluding tert-OH is 1. The summed E-state index contributed by atoms with van der Waals surface area (Å²) in [5, 5.41) is 17.5. The van der Waals surface area contributed by atoms with E-state index in [0.29, 0.717) is 41.5 Å². The summed E-state index contributed by atoms with van der Waals surface area (Å²) in [6, 6.07) is 31.2. The van der Waals surface area contributed by atoms with E-state index in [-0.39, 0.29) is 42.0 Å². The molecule has 1 saturated heterocycles. The predicted molar refractivity (Wildman–Crippen MR) is 259 cm³/mol. The molecular formula is C54H60ClN3O7Si. The van der Waals surface area contributed by atoms with Crippen LogP contribution in [0.3, 0.4) is 0 Å². The Kier molecular flexibility index (Phi) is 12.5. The summed E-state index contributed by atoms with van der Waals surface area (Å²) in [4.78, 5) is 36.6. The molecule has 0 spiro atoms. The monoisotopic (exact) mass is 925 g/mol. The molecule has 4 aromatic carbocycles. The molecule has 66 heavy (non-hydrogen) atoms. The molecule has 3 aliphatic carbocycles. The molecule has 4 aliphatic rings. The van der Waals surface area contributed by atoms with Gasteiger partial charge in [-0.3, -0.25) is 19.4 Å². The van der Waals surface area contributed by atoms with Gasteiger partial charge in [-0.25, -0.2) is 0 Å². The van der Waals surface area contributed by atoms with Gasteiger partial charge in [-0.15, -0.1) is 6.58 Å². The van der Waals surface area contributed by atoms with E-state index in [1.54, 1.807) is 6.08 Å². The van der Waals surface area contributed by atoms with Gasteiger partial charge >= 0.3 is 0 Å². The molecule has 0 radical (unpaired) electrons. The van der Waals surface area contributed by atoms with Crippen molar-refractivity contribution in [2.45, 2.75) is 102 Å². The third-order valence-electron chi connectivity index (χ3n) is 14.8. The summed E-state index contributed by atoms with van der Waals surface area (Å²) in [6.45, 7) is 16.8. The number of likely N-dealkylation sites (tertiary alicyclic amines) is 1. The first kappa shape index (κ1) is 45.8. The average molecular weight is 927 g/mol. The minimum Gasteiger partial charge on any atom is -0.507 e. The molecular weight excluding hydrogens is 866 g/mol. The highest BCUT2D eigenvalue weighted by Crippen LogP contribution is 2.60. The third-order valence-corrected chi connectivity index (χ3v) is 19.7. The second kappa shape index (κ2) is 18.1. The number of rotatable bonds is 14. The Morgan fingerprint density at radius 1 is 0.939 bits per heavy atom. The normalized spacial score (nSPS) is 23.0. The number of benzene rings is 4. The van der Waals surface area contributed by atoms with Crippen molar-refractivity contribution in [1.82, 2.24) is 15.0 Å². The number of halogens is 1. The summed E-state index contributed by atoms with van der Waals surface area (Å²) >= 11 is 7.66. The molecule has 12 heteroatoms. The van der Waals surface area contributed by atoms with E-state index in [1.807, 2.05) is 84.7 Å². The highest BCUT2D eigenvalue weighted by Gasteiger charge is 2.69. The topological polar surface area (TPSA) is 115 Å². The van der Waals surface area contributed by atoms with Gasteiger partial charge in [0.15, 0.2) is 19.7 Å². The van der Waals surface area contributed by atoms with Crippen LogP contribution in [0.1, 0.15) is 102 Å². The van der Waals surface area contributed by atoms with Crippen LogP contribution >= 0.6 is 11.6 Å². The molecule has 1 N–H and O–H groups in total. The fraction of sp³-hybridized carbons (Fsp3) is 0.389. The van der Waals surface area contributed by atoms with Gasteiger partial charge in [0, 0.05) is 35.6 Å². The van der Waals surface area contributed by atoms with Gasteiger partial charge in [0.25, 0.3) is 5.88 Å². The van der Waals surface area contributed by atoms with Gasteiger partial charge in [0.2, 0.25) is 11.6 Å². The second-order valence-electron chi connectivity index (χ2n) is 20.0. The number of hydrogen-bond acceptors (Lipinski definition) is 10. The SMILES string of the molecule is C=CCN(C)[C@@H]1c2onc(OCc3ccccc3)c2C(=O)[C@@]2(O[Si](C)(C)C(C)(C)C)C(=O)C3=C(O)c4c(OCc5ccccc5)cc(C5CCCN5Cc5ccccc5)c(Cl)c4C[C@H]3C[C@@H]12. The molecule has 0 bridgehead atoms. The molecule has 5 atom stereocenters. The average Bonchev–Trinajstić information content (AvgIpc) is 3.94. The number of carbonyl (C=O) groups excluding carboxylic acids is 2. The van der Waals surface area contributed by atoms with E-state index in [4.69, 9.17) is 30.0 Å². The van der Waals surface area contributed by atoms with Crippen LogP contribution in [0.5, 0.6) is 11.6 Å². The van der Waals surface area contributed by atoms with Crippen molar-refractivity contribution in [3.8, 4) is 11.6 Å². The number of aliphatic hydroxyl groups is 1. The second-order valence-corrected chi connectivity index (χ2v) is 25.1. The van der Waals surface area contributed by atoms with Gasteiger partial charge in [-0.05, 0) is 102 Å². The number of Topliss-reactive ketones (excluding diaryl/α,β-unsaturated/α-hetero) is 2. The van der Waals surface area contributed by atoms with Crippen molar-refractivity contribution in [2.75, 3.05) is 20.1 Å². The summed E-state index contributed by atoms with van der Waals surface area (Å²) in [5.74, 6) is -1.85. The Bertz CT molecular complexity index is 2660. The van der Waals surface area contributed by atoms with Crippen LogP contribution in [0.15, 0.2) is 120 Å². The van der Waals surface area contributed by atoms with Crippen molar-refractivity contribution < 1.29 is 33.1 Å². The molecule has 344 valence electrons. The number of hydrogen-bond donors (Lipinski definition) is 1. The summed E-state index contributed by atoms with van der Waals surface area (Å²) in [7, 11) is -1.04. The number of aromatic nitrogens is 1. The van der Waals surface area contributed by atoms with E-state index in [1.165, 1.54) is 5.56 Å². The van der Waals surface area contributed by atoms with Crippen LogP contribution < -0.4 is 9.47 Å². The lowest BCUT2D eigenvalue weighted by molar-refractivity contribution is -0.140. The van der Waals surface area contributed by atoms with Gasteiger partial charge in [-0.1, -0.05) is 129 Å². The quantitative estimate of drug-likeness (QED) is 0.0656. The zero-order valence-corrected chi connectivity index (χ0v) is 40.6. The highest BCUT2D eigenvalue weighted by atomic mass is 35.5. The lowest BCUT2D eigenvalue weighted by Gasteiger charge is -2.55. The molecule has 1 saturated carbocycles. The van der Waals surface area contributed by atoms with Crippen LogP contribution in [-0.2, 0) is 35.4 Å². The van der Waals surface area contributed by atoms with E-state index >= 15 is 9.59 Å². The largest absolute Gasteiger partial charge is 0.507 e. The van der Waals surface area contributed by atoms with Crippen LogP contribution in [-0.4, -0.2) is 65.7 Å². The van der Waals surface area contributed by atoms with Crippen LogP contribution in [0.2, 0.25) is 23.2 Å². The van der Waals surface area contributed by atoms with Gasteiger partial charge < -0.3 is 23.5 Å². The van der Waals surface area contributed by atoms with Crippen molar-refractivity contribution in [3.05, 3.63) is 165 Å². The fourth-order valence-electron chi connectivity index (χ4n) is 10.5. The van der Waals surface area contributed by atoms with Crippen molar-refractivity contribution in [3.63, 3.8) is 0 Å². The molecule has 2 fully saturated rings. The Hall–Kier alpha value is -5.30. The van der Waals surface area contributed by atoms with E-state index in [2.05, 4.69) is 74.8 Å². The van der Waals surface area contributed by atoms with E-state index in [9.17, 15) is 5.11 Å². The lowest BCUT2D eigenvalue weighted by atomic mass is 9.57. The minimum absolute atomic E-state index is 0.00115. The number of fused-ring (bicyclic) bond motifs is 4. The molecule has 10 nitrogen and oxygen atoms in total. The first-order chi connectivity index (χ1) is 31.6. The standard InChI is InChI=1S/C54H60ClN3O7Si/c1-8-26-57(5)47-40-29-37-28-39-44(42(62-32-35-21-14-10-15-22-35)30-38(46(39)55)41-25-18-27-58(41)31-34-19-12-9-13-20-34)48(59)43(37)50(60)54(40,65-66(6,7)53(2,3)4)51(61)45-49(47)64-56-52(45)63-33-36-23-16-11-17-24-36/h8-17,19-24,30,37,40-41,47,59H,1,18,25-29,31-33H2,2-7H3/t37-,40-,41?,47-,54-/m0/s1. The third kappa shape index (κ3) is 8.06. The van der Waals surface area contributed by atoms with Crippen molar-refractivity contribution in [1.29, 1.82) is 0 Å². The van der Waals surface area contributed by atoms with Gasteiger partial charge in [-0.2, -0.15) is 0 Å². The molecule has 1 unspecified atom stereocenters. The Morgan fingerprint density at radius 3 is 2.18 bits per heavy atom. The molecule has 1 aliphatic heterocycles. The maximum Gasteiger partial charge on any atom is 0.265 e. The highest BCUT2D eigenvalue weighted by molar-refractivity contribution is 6.74. The Labute approximate surface area is 394 Å². The summed E-state index contributed by atoms with van der Waals surface area (Å²) < 4.78 is 26.6. The molecule has 2 heterocycles. The summed E-state index contributed by atoms with van der Waals surface area (Å²) in [6.07, 6.45) is 4.35. The van der Waals surface area contributed by atoms with Crippen LogP contribution in [0.4, 0.5) is 0 Å². The maximum absolute atomic E-state index is 16.2. The number of nitrogens with zero attached hydrogens (tertiary/aromatic N) is 3. The Morgan fingerprint density at radius 2 is 1.56 bits per heavy atom. The molecule has 1 aromatic heterocycles. The fourth-order valence-corrected chi connectivity index (χ4v) is 12.3. The molecule has 9 rings (SSSR count). The van der Waals surface area contributed by atoms with Gasteiger partial charge in [0.05, 0.1) is 11.6 Å². The first-order valence-corrected chi connectivity index (χ1v) is 26.4. The van der Waals surface area contributed by atoms with Crippen molar-refractivity contribution >= 4 is 37.2 Å². The maximum atomic E-state index is 16.2. The predicted octanol–water partition coefficient (Wildman–Crippen LogP) is 11.7. The number of ketones is 2. The van der Waals surface area contributed by atoms with Gasteiger partial charge in [0.1, 0.15) is 30.3 Å². The minimum atomic E-state index is -2.97.